The predicted molar refractivity (Wildman–Crippen MR) is 51.2 cm³/mol. The van der Waals surface area contributed by atoms with Crippen LogP contribution in [0.15, 0.2) is 24.3 Å². The first-order valence-corrected chi connectivity index (χ1v) is 4.65. The lowest BCUT2D eigenvalue weighted by Crippen LogP contribution is -2.00. The van der Waals surface area contributed by atoms with E-state index in [4.69, 9.17) is 5.73 Å². The van der Waals surface area contributed by atoms with Crippen molar-refractivity contribution in [1.29, 1.82) is 0 Å². The summed E-state index contributed by atoms with van der Waals surface area (Å²) in [6, 6.07) is 9.28. The summed E-state index contributed by atoms with van der Waals surface area (Å²) in [5, 5.41) is 0. The Morgan fingerprint density at radius 1 is 1.33 bits per heavy atom. The van der Waals surface area contributed by atoms with Crippen LogP contribution >= 0.6 is 0 Å². The van der Waals surface area contributed by atoms with Crippen molar-refractivity contribution in [1.82, 2.24) is 0 Å². The van der Waals surface area contributed by atoms with Crippen LogP contribution in [0.3, 0.4) is 0 Å². The highest BCUT2D eigenvalue weighted by molar-refractivity contribution is 5.30. The van der Waals surface area contributed by atoms with Crippen LogP contribution in [-0.2, 0) is 6.42 Å². The highest BCUT2D eigenvalue weighted by Crippen LogP contribution is 2.38. The van der Waals surface area contributed by atoms with E-state index in [0.29, 0.717) is 12.0 Å². The molecule has 1 nitrogen and oxygen atoms in total. The molecule has 2 unspecified atom stereocenters. The van der Waals surface area contributed by atoms with Gasteiger partial charge in [-0.05, 0) is 24.0 Å². The van der Waals surface area contributed by atoms with Gasteiger partial charge < -0.3 is 5.73 Å². The van der Waals surface area contributed by atoms with Gasteiger partial charge in [0.15, 0.2) is 0 Å². The number of hydrogen-bond donors (Lipinski definition) is 1. The van der Waals surface area contributed by atoms with E-state index in [2.05, 4.69) is 31.2 Å². The van der Waals surface area contributed by atoms with Crippen molar-refractivity contribution < 1.29 is 0 Å². The smallest absolute Gasteiger partial charge is 0.0115 e. The number of benzene rings is 1. The van der Waals surface area contributed by atoms with Crippen molar-refractivity contribution in [3.8, 4) is 0 Å². The van der Waals surface area contributed by atoms with Crippen LogP contribution in [0.5, 0.6) is 0 Å². The fourth-order valence-electron chi connectivity index (χ4n) is 1.60. The maximum atomic E-state index is 5.77. The second-order valence-electron chi connectivity index (χ2n) is 3.60. The van der Waals surface area contributed by atoms with Crippen LogP contribution in [-0.4, -0.2) is 6.04 Å². The maximum Gasteiger partial charge on any atom is 0.0115 e. The Kier molecular flexibility index (Phi) is 1.89. The molecule has 0 amide bonds. The van der Waals surface area contributed by atoms with Crippen LogP contribution in [0.25, 0.3) is 0 Å². The van der Waals surface area contributed by atoms with Gasteiger partial charge in [-0.3, -0.25) is 0 Å². The average molecular weight is 161 g/mol. The standard InChI is InChI=1S/C11H15N/c1-2-8-3-5-9(6-4-8)10-7-11(10)12/h3-6,10-11H,2,7,12H2,1H3. The summed E-state index contributed by atoms with van der Waals surface area (Å²) in [6.07, 6.45) is 2.29. The van der Waals surface area contributed by atoms with Crippen molar-refractivity contribution in [3.63, 3.8) is 0 Å². The minimum atomic E-state index is 0.428. The third-order valence-corrected chi connectivity index (χ3v) is 2.66. The molecule has 1 heteroatoms. The zero-order chi connectivity index (χ0) is 8.55. The Labute approximate surface area is 73.6 Å². The lowest BCUT2D eigenvalue weighted by molar-refractivity contribution is 0.987. The number of rotatable bonds is 2. The molecule has 2 atom stereocenters. The van der Waals surface area contributed by atoms with Gasteiger partial charge in [-0.15, -0.1) is 0 Å². The molecule has 64 valence electrons. The Morgan fingerprint density at radius 3 is 2.33 bits per heavy atom. The molecular weight excluding hydrogens is 146 g/mol. The van der Waals surface area contributed by atoms with E-state index in [1.165, 1.54) is 17.5 Å². The summed E-state index contributed by atoms with van der Waals surface area (Å²) in [6.45, 7) is 2.18. The summed E-state index contributed by atoms with van der Waals surface area (Å²) in [5.74, 6) is 0.649. The first-order chi connectivity index (χ1) is 5.81. The molecule has 1 aromatic carbocycles. The van der Waals surface area contributed by atoms with Crippen molar-refractivity contribution in [2.24, 2.45) is 5.73 Å². The molecule has 12 heavy (non-hydrogen) atoms. The molecule has 0 aromatic heterocycles. The lowest BCUT2D eigenvalue weighted by atomic mass is 10.1. The summed E-state index contributed by atoms with van der Waals surface area (Å²) in [7, 11) is 0. The van der Waals surface area contributed by atoms with Crippen LogP contribution in [0.2, 0.25) is 0 Å². The topological polar surface area (TPSA) is 26.0 Å². The van der Waals surface area contributed by atoms with E-state index in [9.17, 15) is 0 Å². The molecule has 0 spiro atoms. The van der Waals surface area contributed by atoms with Gasteiger partial charge in [0, 0.05) is 12.0 Å². The Bertz CT molecular complexity index is 263. The van der Waals surface area contributed by atoms with E-state index < -0.39 is 0 Å². The van der Waals surface area contributed by atoms with Crippen LogP contribution in [0.4, 0.5) is 0 Å². The number of hydrogen-bond acceptors (Lipinski definition) is 1. The van der Waals surface area contributed by atoms with Crippen LogP contribution in [0.1, 0.15) is 30.4 Å². The van der Waals surface area contributed by atoms with Gasteiger partial charge >= 0.3 is 0 Å². The zero-order valence-corrected chi connectivity index (χ0v) is 7.46. The lowest BCUT2D eigenvalue weighted by Gasteiger charge is -1.99. The van der Waals surface area contributed by atoms with Gasteiger partial charge in [0.05, 0.1) is 0 Å². The maximum absolute atomic E-state index is 5.77. The van der Waals surface area contributed by atoms with Gasteiger partial charge in [0.1, 0.15) is 0 Å². The first-order valence-electron chi connectivity index (χ1n) is 4.65. The number of nitrogens with two attached hydrogens (primary N) is 1. The molecule has 0 radical (unpaired) electrons. The molecule has 1 fully saturated rings. The highest BCUT2D eigenvalue weighted by atomic mass is 14.7. The van der Waals surface area contributed by atoms with Crippen molar-refractivity contribution in [2.45, 2.75) is 31.7 Å². The molecule has 0 aliphatic heterocycles. The van der Waals surface area contributed by atoms with Gasteiger partial charge in [-0.1, -0.05) is 31.2 Å². The van der Waals surface area contributed by atoms with E-state index in [0.717, 1.165) is 6.42 Å². The van der Waals surface area contributed by atoms with Crippen molar-refractivity contribution in [2.75, 3.05) is 0 Å². The highest BCUT2D eigenvalue weighted by Gasteiger charge is 2.34. The van der Waals surface area contributed by atoms with E-state index in [1.54, 1.807) is 0 Å². The third-order valence-electron chi connectivity index (χ3n) is 2.66. The molecule has 2 rings (SSSR count). The summed E-state index contributed by atoms with van der Waals surface area (Å²) >= 11 is 0. The molecule has 0 heterocycles. The van der Waals surface area contributed by atoms with Crippen LogP contribution < -0.4 is 5.73 Å². The molecule has 1 saturated carbocycles. The van der Waals surface area contributed by atoms with Crippen molar-refractivity contribution in [3.05, 3.63) is 35.4 Å². The number of aryl methyl sites for hydroxylation is 1. The monoisotopic (exact) mass is 161 g/mol. The van der Waals surface area contributed by atoms with E-state index in [1.807, 2.05) is 0 Å². The summed E-state index contributed by atoms with van der Waals surface area (Å²) in [4.78, 5) is 0. The second-order valence-corrected chi connectivity index (χ2v) is 3.60. The van der Waals surface area contributed by atoms with E-state index >= 15 is 0 Å². The Hall–Kier alpha value is -0.820. The zero-order valence-electron chi connectivity index (χ0n) is 7.46. The summed E-state index contributed by atoms with van der Waals surface area (Å²) < 4.78 is 0. The van der Waals surface area contributed by atoms with Crippen LogP contribution in [0, 0.1) is 0 Å². The van der Waals surface area contributed by atoms with E-state index in [-0.39, 0.29) is 0 Å². The van der Waals surface area contributed by atoms with Gasteiger partial charge in [-0.2, -0.15) is 0 Å². The van der Waals surface area contributed by atoms with Gasteiger partial charge in [0.2, 0.25) is 0 Å². The molecule has 0 saturated heterocycles. The minimum absolute atomic E-state index is 0.428. The summed E-state index contributed by atoms with van der Waals surface area (Å²) in [5.41, 5.74) is 8.60. The SMILES string of the molecule is CCc1ccc(C2CC2N)cc1. The quantitative estimate of drug-likeness (QED) is 0.706. The largest absolute Gasteiger partial charge is 0.327 e. The molecular formula is C11H15N. The van der Waals surface area contributed by atoms with Crippen molar-refractivity contribution >= 4 is 0 Å². The average Bonchev–Trinajstić information content (AvgIpc) is 2.83. The third kappa shape index (κ3) is 1.37. The second kappa shape index (κ2) is 2.91. The Morgan fingerprint density at radius 2 is 1.92 bits per heavy atom. The molecule has 1 aromatic rings. The molecule has 2 N–H and O–H groups in total. The molecule has 1 aliphatic rings. The molecule has 1 aliphatic carbocycles. The van der Waals surface area contributed by atoms with Gasteiger partial charge in [-0.25, -0.2) is 0 Å². The van der Waals surface area contributed by atoms with Gasteiger partial charge in [0.25, 0.3) is 0 Å². The Balaban J connectivity index is 2.14. The fourth-order valence-corrected chi connectivity index (χ4v) is 1.60. The minimum Gasteiger partial charge on any atom is -0.327 e. The molecule has 0 bridgehead atoms. The first kappa shape index (κ1) is 7.81. The predicted octanol–water partition coefficient (Wildman–Crippen LogP) is 2.06. The normalized spacial score (nSPS) is 27.2. The fraction of sp³-hybridized carbons (Fsp3) is 0.455.